The average Bonchev–Trinajstić information content (AvgIpc) is 2.80. The third-order valence-corrected chi connectivity index (χ3v) is 2.80. The van der Waals surface area contributed by atoms with Crippen molar-refractivity contribution in [1.29, 1.82) is 0 Å². The molecule has 18 heavy (non-hydrogen) atoms. The van der Waals surface area contributed by atoms with Crippen LogP contribution in [-0.4, -0.2) is 16.8 Å². The molecule has 1 aromatic heterocycles. The summed E-state index contributed by atoms with van der Waals surface area (Å²) >= 11 is 0. The standard InChI is InChI=1S/C14H19N3.ClH/c1-11(2)17-10-14(9-16-17)13-6-4-12(5-7-13)8-15-3;/h4-7,9-11,15H,8H2,1-3H3;1H. The fraction of sp³-hybridized carbons (Fsp3) is 0.357. The molecule has 0 aliphatic heterocycles. The third-order valence-electron chi connectivity index (χ3n) is 2.80. The fourth-order valence-corrected chi connectivity index (χ4v) is 1.79. The summed E-state index contributed by atoms with van der Waals surface area (Å²) in [6.07, 6.45) is 4.02. The van der Waals surface area contributed by atoms with Crippen LogP contribution in [0.2, 0.25) is 0 Å². The van der Waals surface area contributed by atoms with Crippen molar-refractivity contribution < 1.29 is 0 Å². The maximum atomic E-state index is 4.36. The van der Waals surface area contributed by atoms with Crippen molar-refractivity contribution in [2.75, 3.05) is 7.05 Å². The maximum absolute atomic E-state index is 4.36. The van der Waals surface area contributed by atoms with Gasteiger partial charge in [0.1, 0.15) is 0 Å². The molecule has 0 radical (unpaired) electrons. The van der Waals surface area contributed by atoms with Gasteiger partial charge < -0.3 is 5.32 Å². The van der Waals surface area contributed by atoms with Crippen LogP contribution >= 0.6 is 12.4 Å². The van der Waals surface area contributed by atoms with Crippen molar-refractivity contribution in [3.63, 3.8) is 0 Å². The lowest BCUT2D eigenvalue weighted by atomic mass is 10.1. The van der Waals surface area contributed by atoms with Crippen LogP contribution in [0.25, 0.3) is 11.1 Å². The molecule has 0 unspecified atom stereocenters. The summed E-state index contributed by atoms with van der Waals surface area (Å²) in [7, 11) is 1.96. The van der Waals surface area contributed by atoms with Crippen LogP contribution < -0.4 is 5.32 Å². The van der Waals surface area contributed by atoms with Gasteiger partial charge in [-0.3, -0.25) is 4.68 Å². The van der Waals surface area contributed by atoms with Gasteiger partial charge in [0, 0.05) is 24.3 Å². The lowest BCUT2D eigenvalue weighted by Crippen LogP contribution is -2.04. The van der Waals surface area contributed by atoms with Crippen LogP contribution in [0.5, 0.6) is 0 Å². The van der Waals surface area contributed by atoms with Gasteiger partial charge in [-0.15, -0.1) is 12.4 Å². The second-order valence-electron chi connectivity index (χ2n) is 4.53. The quantitative estimate of drug-likeness (QED) is 0.920. The Kier molecular flexibility index (Phi) is 5.38. The molecular weight excluding hydrogens is 246 g/mol. The molecule has 0 fully saturated rings. The molecule has 98 valence electrons. The summed E-state index contributed by atoms with van der Waals surface area (Å²) in [6.45, 7) is 5.17. The Morgan fingerprint density at radius 2 is 1.83 bits per heavy atom. The van der Waals surface area contributed by atoms with Gasteiger partial charge in [-0.25, -0.2) is 0 Å². The zero-order valence-electron chi connectivity index (χ0n) is 11.1. The van der Waals surface area contributed by atoms with E-state index in [1.807, 2.05) is 17.9 Å². The molecule has 0 atom stereocenters. The molecular formula is C14H20ClN3. The van der Waals surface area contributed by atoms with Crippen molar-refractivity contribution in [2.45, 2.75) is 26.4 Å². The van der Waals surface area contributed by atoms with Crippen molar-refractivity contribution in [3.05, 3.63) is 42.2 Å². The Morgan fingerprint density at radius 1 is 1.17 bits per heavy atom. The number of benzene rings is 1. The predicted octanol–water partition coefficient (Wildman–Crippen LogP) is 3.27. The van der Waals surface area contributed by atoms with E-state index in [-0.39, 0.29) is 12.4 Å². The van der Waals surface area contributed by atoms with Crippen molar-refractivity contribution in [2.24, 2.45) is 0 Å². The van der Waals surface area contributed by atoms with Gasteiger partial charge in [0.2, 0.25) is 0 Å². The molecule has 3 nitrogen and oxygen atoms in total. The average molecular weight is 266 g/mol. The zero-order chi connectivity index (χ0) is 12.3. The van der Waals surface area contributed by atoms with Crippen LogP contribution in [0, 0.1) is 0 Å². The molecule has 1 aromatic carbocycles. The molecule has 0 saturated heterocycles. The van der Waals surface area contributed by atoms with Crippen molar-refractivity contribution in [1.82, 2.24) is 15.1 Å². The van der Waals surface area contributed by atoms with Gasteiger partial charge >= 0.3 is 0 Å². The Hall–Kier alpha value is -1.32. The maximum Gasteiger partial charge on any atom is 0.0568 e. The molecule has 2 rings (SSSR count). The van der Waals surface area contributed by atoms with E-state index in [9.17, 15) is 0 Å². The summed E-state index contributed by atoms with van der Waals surface area (Å²) in [4.78, 5) is 0. The predicted molar refractivity (Wildman–Crippen MR) is 78.1 cm³/mol. The summed E-state index contributed by atoms with van der Waals surface area (Å²) in [5.41, 5.74) is 3.69. The van der Waals surface area contributed by atoms with E-state index in [1.165, 1.54) is 16.7 Å². The SMILES string of the molecule is CNCc1ccc(-c2cnn(C(C)C)c2)cc1.Cl. The number of hydrogen-bond donors (Lipinski definition) is 1. The number of nitrogens with one attached hydrogen (secondary N) is 1. The highest BCUT2D eigenvalue weighted by Crippen LogP contribution is 2.20. The molecule has 1 N–H and O–H groups in total. The van der Waals surface area contributed by atoms with E-state index in [2.05, 4.69) is 54.7 Å². The van der Waals surface area contributed by atoms with E-state index in [4.69, 9.17) is 0 Å². The molecule has 2 aromatic rings. The van der Waals surface area contributed by atoms with Crippen molar-refractivity contribution in [3.8, 4) is 11.1 Å². The van der Waals surface area contributed by atoms with Crippen LogP contribution in [0.3, 0.4) is 0 Å². The largest absolute Gasteiger partial charge is 0.316 e. The zero-order valence-corrected chi connectivity index (χ0v) is 11.9. The van der Waals surface area contributed by atoms with E-state index in [1.54, 1.807) is 0 Å². The first-order valence-corrected chi connectivity index (χ1v) is 5.99. The van der Waals surface area contributed by atoms with Gasteiger partial charge in [0.15, 0.2) is 0 Å². The second kappa shape index (κ2) is 6.57. The van der Waals surface area contributed by atoms with Crippen molar-refractivity contribution >= 4 is 12.4 Å². The summed E-state index contributed by atoms with van der Waals surface area (Å²) < 4.78 is 1.98. The first-order valence-electron chi connectivity index (χ1n) is 5.99. The topological polar surface area (TPSA) is 29.9 Å². The molecule has 0 amide bonds. The van der Waals surface area contributed by atoms with Gasteiger partial charge in [-0.2, -0.15) is 5.10 Å². The molecule has 1 heterocycles. The van der Waals surface area contributed by atoms with Gasteiger partial charge in [0.05, 0.1) is 6.20 Å². The molecule has 0 spiro atoms. The Bertz CT molecular complexity index is 474. The van der Waals surface area contributed by atoms with E-state index in [0.717, 1.165) is 6.54 Å². The monoisotopic (exact) mass is 265 g/mol. The second-order valence-corrected chi connectivity index (χ2v) is 4.53. The lowest BCUT2D eigenvalue weighted by Gasteiger charge is -2.04. The molecule has 0 bridgehead atoms. The highest BCUT2D eigenvalue weighted by molar-refractivity contribution is 5.85. The number of hydrogen-bond acceptors (Lipinski definition) is 2. The molecule has 0 aliphatic carbocycles. The van der Waals surface area contributed by atoms with Crippen LogP contribution in [-0.2, 0) is 6.54 Å². The number of aromatic nitrogens is 2. The third kappa shape index (κ3) is 3.34. The summed E-state index contributed by atoms with van der Waals surface area (Å²) in [6, 6.07) is 9.01. The Balaban J connectivity index is 0.00000162. The van der Waals surface area contributed by atoms with E-state index >= 15 is 0 Å². The fourth-order valence-electron chi connectivity index (χ4n) is 1.79. The minimum atomic E-state index is 0. The van der Waals surface area contributed by atoms with E-state index in [0.29, 0.717) is 6.04 Å². The molecule has 0 aliphatic rings. The van der Waals surface area contributed by atoms with E-state index < -0.39 is 0 Å². The highest BCUT2D eigenvalue weighted by Gasteiger charge is 2.03. The summed E-state index contributed by atoms with van der Waals surface area (Å²) in [5.74, 6) is 0. The number of rotatable bonds is 4. The molecule has 4 heteroatoms. The normalized spacial score (nSPS) is 10.4. The first-order chi connectivity index (χ1) is 8.20. The molecule has 0 saturated carbocycles. The van der Waals surface area contributed by atoms with Crippen LogP contribution in [0.1, 0.15) is 25.5 Å². The first kappa shape index (κ1) is 14.7. The van der Waals surface area contributed by atoms with Gasteiger partial charge in [-0.1, -0.05) is 24.3 Å². The summed E-state index contributed by atoms with van der Waals surface area (Å²) in [5, 5.41) is 7.50. The lowest BCUT2D eigenvalue weighted by molar-refractivity contribution is 0.532. The Morgan fingerprint density at radius 3 is 2.33 bits per heavy atom. The Labute approximate surface area is 115 Å². The van der Waals surface area contributed by atoms with Gasteiger partial charge in [-0.05, 0) is 32.0 Å². The number of halogens is 1. The van der Waals surface area contributed by atoms with Crippen LogP contribution in [0.4, 0.5) is 0 Å². The minimum absolute atomic E-state index is 0. The number of nitrogens with zero attached hydrogens (tertiary/aromatic N) is 2. The van der Waals surface area contributed by atoms with Gasteiger partial charge in [0.25, 0.3) is 0 Å². The highest BCUT2D eigenvalue weighted by atomic mass is 35.5. The van der Waals surface area contributed by atoms with Crippen LogP contribution in [0.15, 0.2) is 36.7 Å². The minimum Gasteiger partial charge on any atom is -0.316 e. The smallest absolute Gasteiger partial charge is 0.0568 e.